The summed E-state index contributed by atoms with van der Waals surface area (Å²) in [6, 6.07) is 12.1. The zero-order chi connectivity index (χ0) is 20.7. The maximum absolute atomic E-state index is 12.3. The molecule has 2 amide bonds. The molecule has 146 valence electrons. The minimum absolute atomic E-state index is 0.336. The van der Waals surface area contributed by atoms with Crippen molar-refractivity contribution in [2.75, 3.05) is 5.32 Å². The van der Waals surface area contributed by atoms with Crippen molar-refractivity contribution in [1.29, 1.82) is 0 Å². The Labute approximate surface area is 173 Å². The predicted molar refractivity (Wildman–Crippen MR) is 112 cm³/mol. The quantitative estimate of drug-likeness (QED) is 0.699. The van der Waals surface area contributed by atoms with E-state index in [0.29, 0.717) is 16.0 Å². The van der Waals surface area contributed by atoms with Gasteiger partial charge in [0.05, 0.1) is 4.47 Å². The van der Waals surface area contributed by atoms with Crippen molar-refractivity contribution in [2.45, 2.75) is 39.3 Å². The molecule has 0 saturated carbocycles. The van der Waals surface area contributed by atoms with Gasteiger partial charge in [0.15, 0.2) is 0 Å². The molecule has 2 rings (SSSR count). The number of ether oxygens (including phenoxy) is 1. The van der Waals surface area contributed by atoms with Crippen LogP contribution >= 0.6 is 15.9 Å². The van der Waals surface area contributed by atoms with Gasteiger partial charge in [0.1, 0.15) is 23.2 Å². The number of benzene rings is 1. The average molecular weight is 444 g/mol. The molecule has 28 heavy (non-hydrogen) atoms. The van der Waals surface area contributed by atoms with Crippen LogP contribution in [0.5, 0.6) is 0 Å². The zero-order valence-corrected chi connectivity index (χ0v) is 17.8. The Morgan fingerprint density at radius 3 is 2.43 bits per heavy atom. The van der Waals surface area contributed by atoms with E-state index in [-0.39, 0.29) is 0 Å². The van der Waals surface area contributed by atoms with Gasteiger partial charge in [0.25, 0.3) is 0 Å². The van der Waals surface area contributed by atoms with Crippen molar-refractivity contribution in [2.24, 2.45) is 0 Å². The zero-order valence-electron chi connectivity index (χ0n) is 16.2. The Kier molecular flexibility index (Phi) is 7.18. The number of hydrogen-bond donors (Lipinski definition) is 2. The average Bonchev–Trinajstić information content (AvgIpc) is 2.61. The van der Waals surface area contributed by atoms with Gasteiger partial charge in [-0.3, -0.25) is 4.79 Å². The fraction of sp³-hybridized carbons (Fsp3) is 0.286. The van der Waals surface area contributed by atoms with Crippen molar-refractivity contribution in [1.82, 2.24) is 10.3 Å². The monoisotopic (exact) mass is 443 g/mol. The Morgan fingerprint density at radius 2 is 1.79 bits per heavy atom. The first-order valence-corrected chi connectivity index (χ1v) is 9.47. The Balaban J connectivity index is 2.05. The minimum atomic E-state index is -0.792. The van der Waals surface area contributed by atoms with Gasteiger partial charge in [-0.15, -0.1) is 0 Å². The number of nitrogens with one attached hydrogen (secondary N) is 2. The summed E-state index contributed by atoms with van der Waals surface area (Å²) in [5.74, 6) is 5.93. The van der Waals surface area contributed by atoms with Gasteiger partial charge in [-0.2, -0.15) is 0 Å². The molecule has 2 N–H and O–H groups in total. The molecule has 0 aliphatic carbocycles. The van der Waals surface area contributed by atoms with Crippen LogP contribution in [0, 0.1) is 11.8 Å². The van der Waals surface area contributed by atoms with Crippen LogP contribution in [0.1, 0.15) is 39.0 Å². The van der Waals surface area contributed by atoms with Gasteiger partial charge < -0.3 is 15.4 Å². The fourth-order valence-electron chi connectivity index (χ4n) is 2.04. The molecule has 7 heteroatoms. The molecule has 0 saturated heterocycles. The number of pyridine rings is 1. The second-order valence-corrected chi connectivity index (χ2v) is 7.85. The van der Waals surface area contributed by atoms with Crippen LogP contribution in [-0.2, 0) is 9.53 Å². The van der Waals surface area contributed by atoms with Gasteiger partial charge >= 0.3 is 6.09 Å². The number of rotatable bonds is 3. The number of carbonyl (C=O) groups excluding carboxylic acids is 2. The van der Waals surface area contributed by atoms with Gasteiger partial charge in [-0.25, -0.2) is 9.78 Å². The summed E-state index contributed by atoms with van der Waals surface area (Å²) in [5.41, 5.74) is 0.718. The topological polar surface area (TPSA) is 80.3 Å². The molecule has 1 aromatic carbocycles. The molecule has 0 aliphatic rings. The maximum atomic E-state index is 12.3. The lowest BCUT2D eigenvalue weighted by molar-refractivity contribution is -0.117. The summed E-state index contributed by atoms with van der Waals surface area (Å²) in [6.07, 6.45) is -0.659. The van der Waals surface area contributed by atoms with Crippen LogP contribution in [0.4, 0.5) is 10.6 Å². The van der Waals surface area contributed by atoms with Crippen LogP contribution in [0.3, 0.4) is 0 Å². The highest BCUT2D eigenvalue weighted by atomic mass is 79.9. The van der Waals surface area contributed by atoms with E-state index in [1.807, 2.05) is 30.3 Å². The van der Waals surface area contributed by atoms with E-state index in [4.69, 9.17) is 4.74 Å². The molecule has 0 aliphatic heterocycles. The van der Waals surface area contributed by atoms with Crippen molar-refractivity contribution >= 4 is 33.7 Å². The summed E-state index contributed by atoms with van der Waals surface area (Å²) >= 11 is 3.41. The largest absolute Gasteiger partial charge is 0.444 e. The Bertz CT molecular complexity index is 912. The molecule has 0 radical (unpaired) electrons. The highest BCUT2D eigenvalue weighted by molar-refractivity contribution is 9.10. The number of anilines is 1. The van der Waals surface area contributed by atoms with Gasteiger partial charge in [0.2, 0.25) is 5.91 Å². The third kappa shape index (κ3) is 7.05. The number of carbonyl (C=O) groups is 2. The summed E-state index contributed by atoms with van der Waals surface area (Å²) < 4.78 is 5.86. The summed E-state index contributed by atoms with van der Waals surface area (Å²) in [5, 5.41) is 5.16. The van der Waals surface area contributed by atoms with Gasteiger partial charge in [0, 0.05) is 5.56 Å². The third-order valence-corrected chi connectivity index (χ3v) is 3.96. The lowest BCUT2D eigenvalue weighted by Gasteiger charge is -2.21. The summed E-state index contributed by atoms with van der Waals surface area (Å²) in [4.78, 5) is 28.5. The first kappa shape index (κ1) is 21.5. The van der Waals surface area contributed by atoms with E-state index in [0.717, 1.165) is 5.56 Å². The van der Waals surface area contributed by atoms with Crippen LogP contribution in [-0.4, -0.2) is 28.6 Å². The molecule has 1 aromatic heterocycles. The maximum Gasteiger partial charge on any atom is 0.408 e. The molecule has 1 atom stereocenters. The highest BCUT2D eigenvalue weighted by Crippen LogP contribution is 2.17. The molecule has 0 bridgehead atoms. The molecule has 6 nitrogen and oxygen atoms in total. The van der Waals surface area contributed by atoms with Crippen LogP contribution in [0.2, 0.25) is 0 Å². The van der Waals surface area contributed by atoms with Crippen LogP contribution in [0.15, 0.2) is 46.9 Å². The lowest BCUT2D eigenvalue weighted by Crippen LogP contribution is -2.44. The first-order valence-electron chi connectivity index (χ1n) is 8.68. The number of amides is 2. The van der Waals surface area contributed by atoms with E-state index >= 15 is 0 Å². The molecular formula is C21H22BrN3O3. The second kappa shape index (κ2) is 9.38. The number of halogens is 1. The van der Waals surface area contributed by atoms with Crippen LogP contribution < -0.4 is 10.6 Å². The summed E-state index contributed by atoms with van der Waals surface area (Å²) in [7, 11) is 0. The number of aromatic nitrogens is 1. The van der Waals surface area contributed by atoms with Gasteiger partial charge in [-0.1, -0.05) is 24.1 Å². The highest BCUT2D eigenvalue weighted by Gasteiger charge is 2.21. The molecule has 2 aromatic rings. The van der Waals surface area contributed by atoms with E-state index in [1.165, 1.54) is 0 Å². The molecule has 1 heterocycles. The van der Waals surface area contributed by atoms with E-state index in [2.05, 4.69) is 43.4 Å². The number of nitrogens with zero attached hydrogens (tertiary/aromatic N) is 1. The first-order chi connectivity index (χ1) is 13.1. The Hall–Kier alpha value is -2.85. The molecular weight excluding hydrogens is 422 g/mol. The predicted octanol–water partition coefficient (Wildman–Crippen LogP) is 4.10. The van der Waals surface area contributed by atoms with Crippen LogP contribution in [0.25, 0.3) is 0 Å². The van der Waals surface area contributed by atoms with Crippen molar-refractivity contribution in [3.63, 3.8) is 0 Å². The van der Waals surface area contributed by atoms with Crippen molar-refractivity contribution < 1.29 is 14.3 Å². The molecule has 0 fully saturated rings. The fourth-order valence-corrected chi connectivity index (χ4v) is 2.36. The van der Waals surface area contributed by atoms with E-state index < -0.39 is 23.6 Å². The molecule has 1 unspecified atom stereocenters. The third-order valence-electron chi connectivity index (χ3n) is 3.32. The lowest BCUT2D eigenvalue weighted by atomic mass is 10.2. The minimum Gasteiger partial charge on any atom is -0.444 e. The second-order valence-electron chi connectivity index (χ2n) is 7.00. The van der Waals surface area contributed by atoms with Crippen molar-refractivity contribution in [3.8, 4) is 11.8 Å². The standard InChI is InChI=1S/C21H22BrN3O3/c1-14(23-20(27)28-21(2,3)4)19(26)25-18-13-11-16(22)17(24-18)12-10-15-8-6-5-7-9-15/h5-9,11,13-14H,1-4H3,(H,23,27)(H,24,25,26). The number of hydrogen-bond acceptors (Lipinski definition) is 4. The SMILES string of the molecule is CC(NC(=O)OC(C)(C)C)C(=O)Nc1ccc(Br)c(C#Cc2ccccc2)n1. The Morgan fingerprint density at radius 1 is 1.11 bits per heavy atom. The summed E-state index contributed by atoms with van der Waals surface area (Å²) in [6.45, 7) is 6.82. The normalized spacial score (nSPS) is 11.6. The van der Waals surface area contributed by atoms with E-state index in [9.17, 15) is 9.59 Å². The van der Waals surface area contributed by atoms with Crippen molar-refractivity contribution in [3.05, 3.63) is 58.2 Å². The molecule has 0 spiro atoms. The smallest absolute Gasteiger partial charge is 0.408 e. The van der Waals surface area contributed by atoms with Gasteiger partial charge in [-0.05, 0) is 73.8 Å². The van der Waals surface area contributed by atoms with E-state index in [1.54, 1.807) is 39.8 Å². The number of alkyl carbamates (subject to hydrolysis) is 1.